The molecule has 0 saturated carbocycles. The van der Waals surface area contributed by atoms with E-state index in [0.717, 1.165) is 18.2 Å². The third-order valence-corrected chi connectivity index (χ3v) is 2.11. The first kappa shape index (κ1) is 11.3. The highest BCUT2D eigenvalue weighted by molar-refractivity contribution is 5.54. The molecule has 0 fully saturated rings. The van der Waals surface area contributed by atoms with E-state index in [4.69, 9.17) is 10.5 Å². The van der Waals surface area contributed by atoms with E-state index in [1.165, 1.54) is 18.2 Å². The van der Waals surface area contributed by atoms with Gasteiger partial charge in [0, 0.05) is 0 Å². The summed E-state index contributed by atoms with van der Waals surface area (Å²) in [6.07, 6.45) is 0. The topological polar surface area (TPSA) is 35.2 Å². The summed E-state index contributed by atoms with van der Waals surface area (Å²) in [5, 5.41) is 0. The number of hydrogen-bond donors (Lipinski definition) is 1. The average Bonchev–Trinajstić information content (AvgIpc) is 2.32. The molecule has 2 aromatic carbocycles. The second-order valence-electron chi connectivity index (χ2n) is 3.34. The Morgan fingerprint density at radius 1 is 0.882 bits per heavy atom. The van der Waals surface area contributed by atoms with E-state index in [0.29, 0.717) is 0 Å². The summed E-state index contributed by atoms with van der Waals surface area (Å²) < 4.78 is 44.0. The van der Waals surface area contributed by atoms with Crippen LogP contribution in [0.4, 0.5) is 18.9 Å². The Morgan fingerprint density at radius 2 is 1.53 bits per heavy atom. The predicted octanol–water partition coefficient (Wildman–Crippen LogP) is 3.48. The Morgan fingerprint density at radius 3 is 2.18 bits per heavy atom. The van der Waals surface area contributed by atoms with Gasteiger partial charge in [0.2, 0.25) is 5.82 Å². The van der Waals surface area contributed by atoms with Crippen molar-refractivity contribution in [2.75, 3.05) is 5.73 Å². The summed E-state index contributed by atoms with van der Waals surface area (Å²) >= 11 is 0. The molecule has 5 heteroatoms. The van der Waals surface area contributed by atoms with Crippen molar-refractivity contribution in [2.24, 2.45) is 0 Å². The van der Waals surface area contributed by atoms with Crippen molar-refractivity contribution >= 4 is 5.69 Å². The zero-order chi connectivity index (χ0) is 12.4. The van der Waals surface area contributed by atoms with E-state index in [1.54, 1.807) is 0 Å². The standard InChI is InChI=1S/C12H8F3NO/c13-7-1-3-8(4-2-7)17-12-10(16)6-5-9(14)11(12)15/h1-6H,16H2. The van der Waals surface area contributed by atoms with Crippen LogP contribution >= 0.6 is 0 Å². The SMILES string of the molecule is Nc1ccc(F)c(F)c1Oc1ccc(F)cc1. The first-order valence-corrected chi connectivity index (χ1v) is 4.75. The Labute approximate surface area is 95.4 Å². The molecule has 0 unspecified atom stereocenters. The highest BCUT2D eigenvalue weighted by Gasteiger charge is 2.14. The number of halogens is 3. The fourth-order valence-electron chi connectivity index (χ4n) is 1.27. The maximum atomic E-state index is 13.4. The van der Waals surface area contributed by atoms with Gasteiger partial charge in [0.25, 0.3) is 0 Å². The summed E-state index contributed by atoms with van der Waals surface area (Å²) in [7, 11) is 0. The van der Waals surface area contributed by atoms with Gasteiger partial charge in [-0.3, -0.25) is 0 Å². The van der Waals surface area contributed by atoms with Gasteiger partial charge in [-0.05, 0) is 36.4 Å². The van der Waals surface area contributed by atoms with Crippen LogP contribution in [0.5, 0.6) is 11.5 Å². The van der Waals surface area contributed by atoms with Crippen LogP contribution in [0, 0.1) is 17.5 Å². The summed E-state index contributed by atoms with van der Waals surface area (Å²) in [5.41, 5.74) is 5.43. The molecule has 0 amide bonds. The fraction of sp³-hybridized carbons (Fsp3) is 0. The molecule has 0 radical (unpaired) electrons. The quantitative estimate of drug-likeness (QED) is 0.814. The van der Waals surface area contributed by atoms with Gasteiger partial charge in [-0.15, -0.1) is 0 Å². The Balaban J connectivity index is 2.36. The number of nitrogen functional groups attached to an aromatic ring is 1. The van der Waals surface area contributed by atoms with E-state index in [-0.39, 0.29) is 11.4 Å². The monoisotopic (exact) mass is 239 g/mol. The smallest absolute Gasteiger partial charge is 0.203 e. The Bertz CT molecular complexity index is 540. The first-order chi connectivity index (χ1) is 8.08. The Kier molecular flexibility index (Phi) is 2.91. The van der Waals surface area contributed by atoms with Crippen LogP contribution in [0.2, 0.25) is 0 Å². The van der Waals surface area contributed by atoms with Crippen molar-refractivity contribution in [2.45, 2.75) is 0 Å². The van der Waals surface area contributed by atoms with Crippen molar-refractivity contribution < 1.29 is 17.9 Å². The van der Waals surface area contributed by atoms with Crippen LogP contribution in [0.25, 0.3) is 0 Å². The average molecular weight is 239 g/mol. The lowest BCUT2D eigenvalue weighted by molar-refractivity contribution is 0.417. The number of hydrogen-bond acceptors (Lipinski definition) is 2. The van der Waals surface area contributed by atoms with Gasteiger partial charge in [-0.1, -0.05) is 0 Å². The molecule has 0 aromatic heterocycles. The van der Waals surface area contributed by atoms with Crippen molar-refractivity contribution in [1.82, 2.24) is 0 Å². The number of ether oxygens (including phenoxy) is 1. The lowest BCUT2D eigenvalue weighted by atomic mass is 10.2. The molecule has 0 heterocycles. The molecule has 2 rings (SSSR count). The molecule has 0 saturated heterocycles. The molecule has 0 aliphatic heterocycles. The van der Waals surface area contributed by atoms with Crippen molar-refractivity contribution in [1.29, 1.82) is 0 Å². The molecule has 17 heavy (non-hydrogen) atoms. The summed E-state index contributed by atoms with van der Waals surface area (Å²) in [6, 6.07) is 6.96. The third kappa shape index (κ3) is 2.33. The fourth-order valence-corrected chi connectivity index (χ4v) is 1.27. The third-order valence-electron chi connectivity index (χ3n) is 2.11. The van der Waals surface area contributed by atoms with Crippen LogP contribution < -0.4 is 10.5 Å². The second-order valence-corrected chi connectivity index (χ2v) is 3.34. The number of anilines is 1. The van der Waals surface area contributed by atoms with E-state index in [9.17, 15) is 13.2 Å². The number of nitrogens with two attached hydrogens (primary N) is 1. The summed E-state index contributed by atoms with van der Waals surface area (Å²) in [5.74, 6) is -2.92. The Hall–Kier alpha value is -2.17. The molecule has 2 nitrogen and oxygen atoms in total. The molecule has 0 bridgehead atoms. The van der Waals surface area contributed by atoms with Crippen molar-refractivity contribution in [3.8, 4) is 11.5 Å². The largest absolute Gasteiger partial charge is 0.452 e. The lowest BCUT2D eigenvalue weighted by Gasteiger charge is -2.09. The van der Waals surface area contributed by atoms with Gasteiger partial charge in [0.1, 0.15) is 11.6 Å². The molecular formula is C12H8F3NO. The van der Waals surface area contributed by atoms with E-state index >= 15 is 0 Å². The molecule has 88 valence electrons. The van der Waals surface area contributed by atoms with E-state index in [2.05, 4.69) is 0 Å². The molecular weight excluding hydrogens is 231 g/mol. The summed E-state index contributed by atoms with van der Waals surface area (Å²) in [4.78, 5) is 0. The zero-order valence-corrected chi connectivity index (χ0v) is 8.58. The van der Waals surface area contributed by atoms with Crippen molar-refractivity contribution in [3.63, 3.8) is 0 Å². The van der Waals surface area contributed by atoms with Crippen molar-refractivity contribution in [3.05, 3.63) is 53.8 Å². The van der Waals surface area contributed by atoms with Gasteiger partial charge < -0.3 is 10.5 Å². The minimum atomic E-state index is -1.17. The van der Waals surface area contributed by atoms with E-state index < -0.39 is 23.2 Å². The minimum Gasteiger partial charge on any atom is -0.452 e. The maximum absolute atomic E-state index is 13.4. The van der Waals surface area contributed by atoms with Crippen LogP contribution in [-0.4, -0.2) is 0 Å². The van der Waals surface area contributed by atoms with Crippen LogP contribution in [0.1, 0.15) is 0 Å². The normalized spacial score (nSPS) is 10.3. The number of benzene rings is 2. The molecule has 0 aliphatic carbocycles. The van der Waals surface area contributed by atoms with Crippen LogP contribution in [-0.2, 0) is 0 Å². The zero-order valence-electron chi connectivity index (χ0n) is 8.58. The summed E-state index contributed by atoms with van der Waals surface area (Å²) in [6.45, 7) is 0. The van der Waals surface area contributed by atoms with Gasteiger partial charge in [0.15, 0.2) is 11.6 Å². The van der Waals surface area contributed by atoms with E-state index in [1.807, 2.05) is 0 Å². The molecule has 2 aromatic rings. The first-order valence-electron chi connectivity index (χ1n) is 4.75. The molecule has 0 atom stereocenters. The molecule has 0 spiro atoms. The molecule has 2 N–H and O–H groups in total. The minimum absolute atomic E-state index is 0.0341. The van der Waals surface area contributed by atoms with Gasteiger partial charge in [0.05, 0.1) is 5.69 Å². The maximum Gasteiger partial charge on any atom is 0.203 e. The van der Waals surface area contributed by atoms with Crippen LogP contribution in [0.3, 0.4) is 0 Å². The highest BCUT2D eigenvalue weighted by atomic mass is 19.2. The van der Waals surface area contributed by atoms with Gasteiger partial charge in [-0.25, -0.2) is 8.78 Å². The number of rotatable bonds is 2. The molecule has 0 aliphatic rings. The predicted molar refractivity (Wildman–Crippen MR) is 57.2 cm³/mol. The lowest BCUT2D eigenvalue weighted by Crippen LogP contribution is -1.97. The van der Waals surface area contributed by atoms with Gasteiger partial charge in [-0.2, -0.15) is 4.39 Å². The highest BCUT2D eigenvalue weighted by Crippen LogP contribution is 2.31. The second kappa shape index (κ2) is 4.37. The van der Waals surface area contributed by atoms with Crippen LogP contribution in [0.15, 0.2) is 36.4 Å². The van der Waals surface area contributed by atoms with Gasteiger partial charge >= 0.3 is 0 Å².